The third kappa shape index (κ3) is 4.43. The standard InChI is InChI=1S/C17H19N3O6S2/c1-26-16-9-2-11(17(18)21)10-15(16)20-28(24,25)14-7-5-13(6-8-14)27(22,23)19-12-3-4-12/h2,5-10,12,19-20H,3-4H2,1H3,(H2,18,21). The van der Waals surface area contributed by atoms with Gasteiger partial charge in [-0.1, -0.05) is 0 Å². The van der Waals surface area contributed by atoms with Crippen LogP contribution in [0.3, 0.4) is 0 Å². The summed E-state index contributed by atoms with van der Waals surface area (Å²) in [4.78, 5) is 11.2. The number of hydrogen-bond acceptors (Lipinski definition) is 6. The van der Waals surface area contributed by atoms with Crippen molar-refractivity contribution in [3.05, 3.63) is 48.0 Å². The maximum absolute atomic E-state index is 12.7. The van der Waals surface area contributed by atoms with E-state index in [1.165, 1.54) is 49.6 Å². The van der Waals surface area contributed by atoms with Crippen LogP contribution in [0.4, 0.5) is 5.69 Å². The Bertz CT molecular complexity index is 1110. The number of hydrogen-bond donors (Lipinski definition) is 3. The first kappa shape index (κ1) is 20.1. The van der Waals surface area contributed by atoms with Crippen LogP contribution in [0.5, 0.6) is 5.75 Å². The van der Waals surface area contributed by atoms with Gasteiger partial charge in [0.2, 0.25) is 15.9 Å². The van der Waals surface area contributed by atoms with E-state index < -0.39 is 26.0 Å². The quantitative estimate of drug-likeness (QED) is 0.576. The molecule has 0 saturated heterocycles. The van der Waals surface area contributed by atoms with Crippen molar-refractivity contribution >= 4 is 31.6 Å². The largest absolute Gasteiger partial charge is 0.495 e. The van der Waals surface area contributed by atoms with Crippen LogP contribution in [-0.2, 0) is 20.0 Å². The molecule has 0 atom stereocenters. The van der Waals surface area contributed by atoms with Gasteiger partial charge in [0, 0.05) is 11.6 Å². The molecular weight excluding hydrogens is 406 g/mol. The molecule has 150 valence electrons. The highest BCUT2D eigenvalue weighted by Gasteiger charge is 2.28. The topological polar surface area (TPSA) is 145 Å². The summed E-state index contributed by atoms with van der Waals surface area (Å²) >= 11 is 0. The van der Waals surface area contributed by atoms with Gasteiger partial charge in [-0.3, -0.25) is 9.52 Å². The molecule has 1 amide bonds. The van der Waals surface area contributed by atoms with Crippen LogP contribution < -0.4 is 19.9 Å². The Labute approximate surface area is 163 Å². The van der Waals surface area contributed by atoms with Crippen molar-refractivity contribution in [3.63, 3.8) is 0 Å². The van der Waals surface area contributed by atoms with E-state index in [2.05, 4.69) is 9.44 Å². The fraction of sp³-hybridized carbons (Fsp3) is 0.235. The molecule has 9 nitrogen and oxygen atoms in total. The van der Waals surface area contributed by atoms with E-state index >= 15 is 0 Å². The van der Waals surface area contributed by atoms with Gasteiger partial charge < -0.3 is 10.5 Å². The molecule has 0 unspecified atom stereocenters. The highest BCUT2D eigenvalue weighted by molar-refractivity contribution is 7.92. The van der Waals surface area contributed by atoms with Crippen LogP contribution in [0.25, 0.3) is 0 Å². The van der Waals surface area contributed by atoms with Gasteiger partial charge in [-0.15, -0.1) is 0 Å². The number of nitrogens with one attached hydrogen (secondary N) is 2. The highest BCUT2D eigenvalue weighted by atomic mass is 32.2. The first-order chi connectivity index (χ1) is 13.1. The van der Waals surface area contributed by atoms with Gasteiger partial charge in [0.05, 0.1) is 22.6 Å². The molecular formula is C17H19N3O6S2. The predicted octanol–water partition coefficient (Wildman–Crippen LogP) is 1.04. The Balaban J connectivity index is 1.87. The molecule has 0 radical (unpaired) electrons. The van der Waals surface area contributed by atoms with E-state index in [9.17, 15) is 21.6 Å². The summed E-state index contributed by atoms with van der Waals surface area (Å²) in [5.41, 5.74) is 5.36. The van der Waals surface area contributed by atoms with Gasteiger partial charge in [0.1, 0.15) is 5.75 Å². The lowest BCUT2D eigenvalue weighted by Gasteiger charge is -2.13. The normalized spacial score (nSPS) is 14.5. The molecule has 3 rings (SSSR count). The first-order valence-electron chi connectivity index (χ1n) is 8.25. The van der Waals surface area contributed by atoms with Crippen LogP contribution in [-0.4, -0.2) is 35.9 Å². The molecule has 0 aromatic heterocycles. The van der Waals surface area contributed by atoms with E-state index in [-0.39, 0.29) is 32.8 Å². The number of methoxy groups -OCH3 is 1. The number of rotatable bonds is 8. The average Bonchev–Trinajstić information content (AvgIpc) is 3.44. The maximum atomic E-state index is 12.7. The lowest BCUT2D eigenvalue weighted by molar-refractivity contribution is 0.1000. The molecule has 1 aliphatic carbocycles. The number of nitrogens with two attached hydrogens (primary N) is 1. The number of anilines is 1. The Morgan fingerprint density at radius 3 is 2.07 bits per heavy atom. The van der Waals surface area contributed by atoms with Crippen molar-refractivity contribution in [1.82, 2.24) is 4.72 Å². The highest BCUT2D eigenvalue weighted by Crippen LogP contribution is 2.28. The fourth-order valence-electron chi connectivity index (χ4n) is 2.43. The fourth-order valence-corrected chi connectivity index (χ4v) is 4.80. The molecule has 0 bridgehead atoms. The second kappa shape index (κ2) is 7.41. The third-order valence-electron chi connectivity index (χ3n) is 4.07. The number of primary amides is 1. The van der Waals surface area contributed by atoms with E-state index in [0.717, 1.165) is 12.8 Å². The molecule has 0 heterocycles. The van der Waals surface area contributed by atoms with Crippen molar-refractivity contribution in [3.8, 4) is 5.75 Å². The summed E-state index contributed by atoms with van der Waals surface area (Å²) in [6.45, 7) is 0. The van der Waals surface area contributed by atoms with Crippen LogP contribution in [0.15, 0.2) is 52.3 Å². The van der Waals surface area contributed by atoms with Gasteiger partial charge in [-0.05, 0) is 55.3 Å². The minimum atomic E-state index is -4.06. The van der Waals surface area contributed by atoms with Crippen molar-refractivity contribution in [2.45, 2.75) is 28.7 Å². The molecule has 2 aromatic carbocycles. The number of sulfonamides is 2. The number of carbonyl (C=O) groups excluding carboxylic acids is 1. The molecule has 1 fully saturated rings. The van der Waals surface area contributed by atoms with Crippen molar-refractivity contribution < 1.29 is 26.4 Å². The van der Waals surface area contributed by atoms with Crippen molar-refractivity contribution in [2.24, 2.45) is 5.73 Å². The van der Waals surface area contributed by atoms with E-state index in [1.807, 2.05) is 0 Å². The molecule has 0 aliphatic heterocycles. The monoisotopic (exact) mass is 425 g/mol. The minimum Gasteiger partial charge on any atom is -0.495 e. The molecule has 28 heavy (non-hydrogen) atoms. The zero-order valence-electron chi connectivity index (χ0n) is 14.9. The molecule has 0 spiro atoms. The SMILES string of the molecule is COc1ccc(C(N)=O)cc1NS(=O)(=O)c1ccc(S(=O)(=O)NC2CC2)cc1. The average molecular weight is 425 g/mol. The van der Waals surface area contributed by atoms with Crippen molar-refractivity contribution in [1.29, 1.82) is 0 Å². The second-order valence-electron chi connectivity index (χ2n) is 6.25. The van der Waals surface area contributed by atoms with E-state index in [1.54, 1.807) is 0 Å². The number of ether oxygens (including phenoxy) is 1. The molecule has 11 heteroatoms. The van der Waals surface area contributed by atoms with E-state index in [0.29, 0.717) is 0 Å². The Hall–Kier alpha value is -2.63. The van der Waals surface area contributed by atoms with Gasteiger partial charge in [-0.2, -0.15) is 0 Å². The minimum absolute atomic E-state index is 0.0216. The van der Waals surface area contributed by atoms with Gasteiger partial charge in [0.25, 0.3) is 10.0 Å². The van der Waals surface area contributed by atoms with Crippen LogP contribution in [0, 0.1) is 0 Å². The summed E-state index contributed by atoms with van der Waals surface area (Å²) < 4.78 is 59.6. The number of benzene rings is 2. The van der Waals surface area contributed by atoms with Gasteiger partial charge in [0.15, 0.2) is 0 Å². The van der Waals surface area contributed by atoms with Gasteiger partial charge >= 0.3 is 0 Å². The predicted molar refractivity (Wildman–Crippen MR) is 102 cm³/mol. The number of amides is 1. The smallest absolute Gasteiger partial charge is 0.262 e. The Morgan fingerprint density at radius 1 is 1.00 bits per heavy atom. The molecule has 1 aliphatic rings. The molecule has 4 N–H and O–H groups in total. The lowest BCUT2D eigenvalue weighted by Crippen LogP contribution is -2.25. The summed E-state index contributed by atoms with van der Waals surface area (Å²) in [5.74, 6) is -0.526. The summed E-state index contributed by atoms with van der Waals surface area (Å²) in [6.07, 6.45) is 1.59. The van der Waals surface area contributed by atoms with Gasteiger partial charge in [-0.25, -0.2) is 21.6 Å². The van der Waals surface area contributed by atoms with Crippen LogP contribution >= 0.6 is 0 Å². The Morgan fingerprint density at radius 2 is 1.57 bits per heavy atom. The number of carbonyl (C=O) groups is 1. The summed E-state index contributed by atoms with van der Waals surface area (Å²) in [7, 11) is -6.39. The van der Waals surface area contributed by atoms with E-state index in [4.69, 9.17) is 10.5 Å². The third-order valence-corrected chi connectivity index (χ3v) is 6.99. The first-order valence-corrected chi connectivity index (χ1v) is 11.2. The molecule has 2 aromatic rings. The summed E-state index contributed by atoms with van der Waals surface area (Å²) in [6, 6.07) is 8.84. The van der Waals surface area contributed by atoms with Crippen molar-refractivity contribution in [2.75, 3.05) is 11.8 Å². The maximum Gasteiger partial charge on any atom is 0.262 e. The molecule has 1 saturated carbocycles. The zero-order chi connectivity index (χ0) is 20.5. The van der Waals surface area contributed by atoms with Crippen LogP contribution in [0.1, 0.15) is 23.2 Å². The Kier molecular flexibility index (Phi) is 5.33. The van der Waals surface area contributed by atoms with Crippen LogP contribution in [0.2, 0.25) is 0 Å². The summed E-state index contributed by atoms with van der Waals surface area (Å²) in [5, 5.41) is 0. The lowest BCUT2D eigenvalue weighted by atomic mass is 10.2. The zero-order valence-corrected chi connectivity index (χ0v) is 16.5. The second-order valence-corrected chi connectivity index (χ2v) is 9.65.